The summed E-state index contributed by atoms with van der Waals surface area (Å²) in [5.41, 5.74) is -0.984. The number of likely N-dealkylation sites (N-methyl/N-ethyl adjacent to an activating group) is 1. The molecule has 5 unspecified atom stereocenters. The number of hydrogen-bond donors (Lipinski definition) is 4. The van der Waals surface area contributed by atoms with Crippen molar-refractivity contribution >= 4 is 35.1 Å². The second-order valence-corrected chi connectivity index (χ2v) is 14.6. The van der Waals surface area contributed by atoms with Crippen LogP contribution in [0.5, 0.6) is 0 Å². The van der Waals surface area contributed by atoms with E-state index in [0.29, 0.717) is 23.7 Å². The molecule has 2 heterocycles. The third-order valence-electron chi connectivity index (χ3n) is 10.8. The van der Waals surface area contributed by atoms with E-state index >= 15 is 0 Å². The van der Waals surface area contributed by atoms with Crippen LogP contribution in [0, 0.1) is 35.5 Å². The maximum atomic E-state index is 13.4. The van der Waals surface area contributed by atoms with E-state index in [2.05, 4.69) is 47.1 Å². The zero-order valence-electron chi connectivity index (χ0n) is 30.6. The molecule has 4 N–H and O–H groups in total. The van der Waals surface area contributed by atoms with Gasteiger partial charge in [0.25, 0.3) is 17.4 Å². The molecule has 5 atom stereocenters. The van der Waals surface area contributed by atoms with Crippen LogP contribution in [0.3, 0.4) is 0 Å². The fourth-order valence-corrected chi connectivity index (χ4v) is 8.71. The van der Waals surface area contributed by atoms with Crippen LogP contribution in [0.2, 0.25) is 0 Å². The summed E-state index contributed by atoms with van der Waals surface area (Å²) in [7, 11) is 1.64. The van der Waals surface area contributed by atoms with E-state index in [4.69, 9.17) is 0 Å². The Morgan fingerprint density at radius 1 is 0.980 bits per heavy atom. The van der Waals surface area contributed by atoms with Crippen molar-refractivity contribution in [2.75, 3.05) is 11.9 Å². The summed E-state index contributed by atoms with van der Waals surface area (Å²) in [6.07, 6.45) is 8.24. The first kappa shape index (κ1) is 38.5. The molecule has 274 valence electrons. The zero-order valence-corrected chi connectivity index (χ0v) is 30.6. The highest BCUT2D eigenvalue weighted by molar-refractivity contribution is 6.36. The largest absolute Gasteiger partial charge is 0.350 e. The standard InChI is InChI=1S/C35H49N7O6.C2H6/c1-6-36-33(47)29(43)10-9-26(37-32(46)27-11-13-41(5)40-27)31(45)38-28-8-7-12-42(34(28)48)19-30(44)39-35(4)17-24-20(2)14-22-15-21(3)25(18-35)23(24)16-22;1-2/h7-8,11-13,20-26H,6,9-10,14-19H2,1-5H3,(H,36,47)(H,37,46)(H,38,45)(H,39,44);1-2H3. The van der Waals surface area contributed by atoms with Crippen LogP contribution in [0.25, 0.3) is 0 Å². The fourth-order valence-electron chi connectivity index (χ4n) is 8.71. The monoisotopic (exact) mass is 693 g/mol. The minimum Gasteiger partial charge on any atom is -0.350 e. The highest BCUT2D eigenvalue weighted by atomic mass is 16.2. The summed E-state index contributed by atoms with van der Waals surface area (Å²) in [6.45, 7) is 12.6. The number of amides is 4. The van der Waals surface area contributed by atoms with E-state index in [0.717, 1.165) is 24.7 Å². The minimum absolute atomic E-state index is 0.0562. The molecule has 0 saturated heterocycles. The van der Waals surface area contributed by atoms with Crippen LogP contribution in [0.15, 0.2) is 35.4 Å². The van der Waals surface area contributed by atoms with E-state index in [9.17, 15) is 28.8 Å². The van der Waals surface area contributed by atoms with Gasteiger partial charge in [0.1, 0.15) is 24.0 Å². The number of hydrogen-bond acceptors (Lipinski definition) is 7. The summed E-state index contributed by atoms with van der Waals surface area (Å²) in [5, 5.41) is 14.9. The van der Waals surface area contributed by atoms with Crippen molar-refractivity contribution in [1.82, 2.24) is 30.3 Å². The molecule has 5 rings (SSSR count). The molecule has 0 radical (unpaired) electrons. The molecule has 2 aromatic heterocycles. The fraction of sp³-hybridized carbons (Fsp3) is 0.649. The number of fused-ring (bicyclic) bond motifs is 1. The van der Waals surface area contributed by atoms with Gasteiger partial charge in [-0.15, -0.1) is 0 Å². The highest BCUT2D eigenvalue weighted by Crippen LogP contribution is 2.58. The van der Waals surface area contributed by atoms with Crippen molar-refractivity contribution in [3.05, 3.63) is 46.6 Å². The average molecular weight is 694 g/mol. The molecule has 3 fully saturated rings. The van der Waals surface area contributed by atoms with E-state index in [-0.39, 0.29) is 48.8 Å². The van der Waals surface area contributed by atoms with Gasteiger partial charge >= 0.3 is 0 Å². The first-order chi connectivity index (χ1) is 23.8. The lowest BCUT2D eigenvalue weighted by molar-refractivity contribution is -0.138. The molecule has 0 aromatic carbocycles. The maximum Gasteiger partial charge on any atom is 0.287 e. The van der Waals surface area contributed by atoms with Crippen LogP contribution in [0.4, 0.5) is 5.69 Å². The molecule has 2 bridgehead atoms. The Balaban J connectivity index is 0.00000276. The van der Waals surface area contributed by atoms with E-state index in [1.807, 2.05) is 13.8 Å². The molecule has 3 aliphatic rings. The van der Waals surface area contributed by atoms with Crippen LogP contribution < -0.4 is 26.8 Å². The number of carbonyl (C=O) groups is 5. The van der Waals surface area contributed by atoms with E-state index in [1.165, 1.54) is 46.8 Å². The van der Waals surface area contributed by atoms with Gasteiger partial charge in [0.2, 0.25) is 17.6 Å². The first-order valence-corrected chi connectivity index (χ1v) is 18.2. The molecule has 3 aliphatic carbocycles. The Bertz CT molecular complexity index is 1590. The lowest BCUT2D eigenvalue weighted by Gasteiger charge is -2.58. The Hall–Kier alpha value is -4.29. The van der Waals surface area contributed by atoms with Crippen molar-refractivity contribution in [2.24, 2.45) is 42.6 Å². The third-order valence-corrected chi connectivity index (χ3v) is 10.8. The summed E-state index contributed by atoms with van der Waals surface area (Å²) >= 11 is 0. The predicted octanol–water partition coefficient (Wildman–Crippen LogP) is 3.43. The summed E-state index contributed by atoms with van der Waals surface area (Å²) in [4.78, 5) is 77.4. The Kier molecular flexibility index (Phi) is 12.8. The Labute approximate surface area is 294 Å². The number of rotatable bonds is 12. The lowest BCUT2D eigenvalue weighted by atomic mass is 9.49. The predicted molar refractivity (Wildman–Crippen MR) is 190 cm³/mol. The summed E-state index contributed by atoms with van der Waals surface area (Å²) < 4.78 is 2.68. The molecule has 2 aromatic rings. The molecule has 0 spiro atoms. The highest BCUT2D eigenvalue weighted by Gasteiger charge is 2.52. The van der Waals surface area contributed by atoms with Gasteiger partial charge in [-0.3, -0.25) is 33.4 Å². The van der Waals surface area contributed by atoms with E-state index in [1.54, 1.807) is 26.2 Å². The van der Waals surface area contributed by atoms with Crippen molar-refractivity contribution in [3.8, 4) is 0 Å². The van der Waals surface area contributed by atoms with Crippen LogP contribution >= 0.6 is 0 Å². The first-order valence-electron chi connectivity index (χ1n) is 18.2. The molecular formula is C37H55N7O6. The molecule has 0 aliphatic heterocycles. The van der Waals surface area contributed by atoms with Gasteiger partial charge in [-0.05, 0) is 106 Å². The molecule has 13 nitrogen and oxygen atoms in total. The second kappa shape index (κ2) is 16.6. The quantitative estimate of drug-likeness (QED) is 0.247. The molecule has 13 heteroatoms. The molecular weight excluding hydrogens is 638 g/mol. The van der Waals surface area contributed by atoms with Gasteiger partial charge in [-0.2, -0.15) is 5.10 Å². The minimum atomic E-state index is -1.26. The van der Waals surface area contributed by atoms with Crippen molar-refractivity contribution in [2.45, 2.75) is 105 Å². The number of nitrogens with zero attached hydrogens (tertiary/aromatic N) is 3. The maximum absolute atomic E-state index is 13.4. The van der Waals surface area contributed by atoms with Crippen molar-refractivity contribution in [1.29, 1.82) is 0 Å². The number of anilines is 1. The Morgan fingerprint density at radius 3 is 2.24 bits per heavy atom. The van der Waals surface area contributed by atoms with E-state index < -0.39 is 35.1 Å². The number of carbonyl (C=O) groups excluding carboxylic acids is 5. The van der Waals surface area contributed by atoms with Gasteiger partial charge < -0.3 is 25.8 Å². The molecule has 4 amide bonds. The number of nitrogens with one attached hydrogen (secondary N) is 4. The van der Waals surface area contributed by atoms with Crippen LogP contribution in [0.1, 0.15) is 97.0 Å². The number of pyridine rings is 1. The SMILES string of the molecule is CC.CCNC(=O)C(=O)CCC(NC(=O)c1ccn(C)n1)C(=O)Nc1cccn(CC(=O)NC2(C)CC3C(C)CC4CC(C)C(C2)C3C4)c1=O. The van der Waals surface area contributed by atoms with Crippen LogP contribution in [-0.2, 0) is 32.8 Å². The van der Waals surface area contributed by atoms with Gasteiger partial charge in [-0.25, -0.2) is 0 Å². The van der Waals surface area contributed by atoms with Gasteiger partial charge in [-0.1, -0.05) is 27.7 Å². The van der Waals surface area contributed by atoms with Gasteiger partial charge in [0.05, 0.1) is 0 Å². The van der Waals surface area contributed by atoms with Crippen molar-refractivity contribution < 1.29 is 24.0 Å². The normalized spacial score (nSPS) is 27.1. The van der Waals surface area contributed by atoms with Crippen molar-refractivity contribution in [3.63, 3.8) is 0 Å². The zero-order chi connectivity index (χ0) is 36.7. The molecule has 3 saturated carbocycles. The summed E-state index contributed by atoms with van der Waals surface area (Å²) in [6, 6.07) is 3.18. The smallest absolute Gasteiger partial charge is 0.287 e. The topological polar surface area (TPSA) is 173 Å². The van der Waals surface area contributed by atoms with Gasteiger partial charge in [0.15, 0.2) is 0 Å². The lowest BCUT2D eigenvalue weighted by Crippen LogP contribution is -2.58. The van der Waals surface area contributed by atoms with Crippen LogP contribution in [-0.4, -0.2) is 61.9 Å². The number of ketones is 1. The molecule has 50 heavy (non-hydrogen) atoms. The number of aromatic nitrogens is 3. The number of aryl methyl sites for hydroxylation is 1. The average Bonchev–Trinajstić information content (AvgIpc) is 3.51. The second-order valence-electron chi connectivity index (χ2n) is 14.6. The van der Waals surface area contributed by atoms with Gasteiger partial charge in [0, 0.05) is 37.9 Å². The number of Topliss-reactive ketones (excluding diaryl/α,β-unsaturated/α-hetero) is 1. The summed E-state index contributed by atoms with van der Waals surface area (Å²) in [5.74, 6) is 0.774. The Morgan fingerprint density at radius 2 is 1.64 bits per heavy atom. The third kappa shape index (κ3) is 9.08.